The molecule has 7 nitrogen and oxygen atoms in total. The number of nitrogens with zero attached hydrogens (tertiary/aromatic N) is 2. The van der Waals surface area contributed by atoms with Crippen LogP contribution in [0, 0.1) is 12.8 Å². The largest absolute Gasteiger partial charge is 0.507 e. The first kappa shape index (κ1) is 24.3. The molecule has 4 aromatic rings. The molecular formula is C30H29N3O4. The van der Waals surface area contributed by atoms with Gasteiger partial charge < -0.3 is 19.7 Å². The predicted molar refractivity (Wildman–Crippen MR) is 142 cm³/mol. The summed E-state index contributed by atoms with van der Waals surface area (Å²) in [6, 6.07) is 17.6. The molecule has 1 fully saturated rings. The summed E-state index contributed by atoms with van der Waals surface area (Å²) < 4.78 is 5.87. The highest BCUT2D eigenvalue weighted by atomic mass is 16.5. The Morgan fingerprint density at radius 3 is 2.62 bits per heavy atom. The number of amides is 1. The Morgan fingerprint density at radius 2 is 1.89 bits per heavy atom. The molecule has 37 heavy (non-hydrogen) atoms. The third-order valence-corrected chi connectivity index (χ3v) is 6.53. The van der Waals surface area contributed by atoms with Crippen LogP contribution in [0.1, 0.15) is 42.3 Å². The van der Waals surface area contributed by atoms with Crippen molar-refractivity contribution in [2.45, 2.75) is 33.4 Å². The molecule has 1 saturated heterocycles. The summed E-state index contributed by atoms with van der Waals surface area (Å²) in [5.41, 5.74) is 3.60. The average Bonchev–Trinajstić information content (AvgIpc) is 3.42. The number of hydrogen-bond acceptors (Lipinski definition) is 5. The molecule has 1 amide bonds. The number of carbonyl (C=O) groups excluding carboxylic acids is 2. The van der Waals surface area contributed by atoms with Crippen LogP contribution < -0.4 is 4.74 Å². The number of aryl methyl sites for hydroxylation is 1. The fourth-order valence-corrected chi connectivity index (χ4v) is 4.72. The molecular weight excluding hydrogens is 466 g/mol. The summed E-state index contributed by atoms with van der Waals surface area (Å²) in [4.78, 5) is 35.8. The van der Waals surface area contributed by atoms with E-state index < -0.39 is 17.7 Å². The van der Waals surface area contributed by atoms with Gasteiger partial charge in [-0.2, -0.15) is 0 Å². The molecule has 0 spiro atoms. The van der Waals surface area contributed by atoms with E-state index in [-0.39, 0.29) is 17.9 Å². The normalized spacial score (nSPS) is 17.2. The monoisotopic (exact) mass is 495 g/mol. The lowest BCUT2D eigenvalue weighted by Crippen LogP contribution is -2.29. The number of rotatable bonds is 7. The third-order valence-electron chi connectivity index (χ3n) is 6.53. The van der Waals surface area contributed by atoms with Crippen LogP contribution >= 0.6 is 0 Å². The number of aliphatic hydroxyl groups excluding tert-OH is 1. The zero-order chi connectivity index (χ0) is 26.1. The summed E-state index contributed by atoms with van der Waals surface area (Å²) in [6.45, 7) is 6.75. The molecule has 2 aromatic carbocycles. The van der Waals surface area contributed by atoms with Gasteiger partial charge in [0.1, 0.15) is 11.5 Å². The van der Waals surface area contributed by atoms with E-state index in [1.54, 1.807) is 36.7 Å². The standard InChI is InChI=1S/C30H29N3O4/c1-18(2)17-37-25-12-11-20(14-19(25)3)28(34)26-27(23-15-32-24-10-5-4-9-22(23)24)33(30(36)29(26)35)16-21-8-6-7-13-31-21/h4-15,18,27,32,34H,16-17H2,1-3H3/b28-26+. The van der Waals surface area contributed by atoms with Crippen molar-refractivity contribution in [3.63, 3.8) is 0 Å². The van der Waals surface area contributed by atoms with Gasteiger partial charge in [0.2, 0.25) is 0 Å². The number of fused-ring (bicyclic) bond motifs is 1. The molecule has 5 rings (SSSR count). The Kier molecular flexibility index (Phi) is 6.53. The number of ether oxygens (including phenoxy) is 1. The Balaban J connectivity index is 1.63. The second-order valence-electron chi connectivity index (χ2n) is 9.72. The molecule has 0 radical (unpaired) electrons. The molecule has 2 N–H and O–H groups in total. The quantitative estimate of drug-likeness (QED) is 0.200. The number of carbonyl (C=O) groups is 2. The summed E-state index contributed by atoms with van der Waals surface area (Å²) >= 11 is 0. The van der Waals surface area contributed by atoms with Crippen LogP contribution in [0.4, 0.5) is 0 Å². The number of nitrogens with one attached hydrogen (secondary N) is 1. The number of hydrogen-bond donors (Lipinski definition) is 2. The third kappa shape index (κ3) is 4.60. The first-order valence-electron chi connectivity index (χ1n) is 12.3. The van der Waals surface area contributed by atoms with E-state index >= 15 is 0 Å². The van der Waals surface area contributed by atoms with Crippen molar-refractivity contribution in [2.24, 2.45) is 5.92 Å². The van der Waals surface area contributed by atoms with Crippen molar-refractivity contribution in [3.05, 3.63) is 101 Å². The maximum atomic E-state index is 13.4. The van der Waals surface area contributed by atoms with Crippen molar-refractivity contribution in [1.29, 1.82) is 0 Å². The number of para-hydroxylation sites is 1. The van der Waals surface area contributed by atoms with Gasteiger partial charge in [-0.3, -0.25) is 14.6 Å². The number of H-pyrrole nitrogens is 1. The minimum Gasteiger partial charge on any atom is -0.507 e. The minimum absolute atomic E-state index is 0.0564. The molecule has 3 heterocycles. The first-order chi connectivity index (χ1) is 17.8. The lowest BCUT2D eigenvalue weighted by Gasteiger charge is -2.24. The lowest BCUT2D eigenvalue weighted by molar-refractivity contribution is -0.140. The lowest BCUT2D eigenvalue weighted by atomic mass is 9.94. The van der Waals surface area contributed by atoms with Crippen LogP contribution in [0.25, 0.3) is 16.7 Å². The molecule has 7 heteroatoms. The number of Topliss-reactive ketones (excluding diaryl/α,β-unsaturated/α-hetero) is 1. The van der Waals surface area contributed by atoms with Gasteiger partial charge >= 0.3 is 0 Å². The average molecular weight is 496 g/mol. The highest BCUT2D eigenvalue weighted by Gasteiger charge is 2.47. The van der Waals surface area contributed by atoms with Crippen molar-refractivity contribution < 1.29 is 19.4 Å². The highest BCUT2D eigenvalue weighted by molar-refractivity contribution is 6.46. The number of aromatic nitrogens is 2. The molecule has 1 unspecified atom stereocenters. The highest BCUT2D eigenvalue weighted by Crippen LogP contribution is 2.42. The summed E-state index contributed by atoms with van der Waals surface area (Å²) in [5, 5.41) is 12.4. The van der Waals surface area contributed by atoms with E-state index in [2.05, 4.69) is 23.8 Å². The van der Waals surface area contributed by atoms with Gasteiger partial charge in [0.15, 0.2) is 0 Å². The Morgan fingerprint density at radius 1 is 1.11 bits per heavy atom. The zero-order valence-corrected chi connectivity index (χ0v) is 21.1. The maximum absolute atomic E-state index is 13.4. The van der Waals surface area contributed by atoms with E-state index in [1.165, 1.54) is 4.90 Å². The Bertz CT molecular complexity index is 1500. The van der Waals surface area contributed by atoms with Gasteiger partial charge in [-0.05, 0) is 54.8 Å². The van der Waals surface area contributed by atoms with Crippen molar-refractivity contribution in [2.75, 3.05) is 6.61 Å². The Labute approximate surface area is 215 Å². The van der Waals surface area contributed by atoms with Gasteiger partial charge in [0, 0.05) is 34.4 Å². The van der Waals surface area contributed by atoms with E-state index in [1.807, 2.05) is 43.3 Å². The van der Waals surface area contributed by atoms with Crippen LogP contribution in [-0.2, 0) is 16.1 Å². The van der Waals surface area contributed by atoms with Gasteiger partial charge in [-0.1, -0.05) is 38.1 Å². The van der Waals surface area contributed by atoms with Crippen LogP contribution in [0.15, 0.2) is 78.6 Å². The van der Waals surface area contributed by atoms with E-state index in [4.69, 9.17) is 4.74 Å². The molecule has 1 aliphatic heterocycles. The van der Waals surface area contributed by atoms with E-state index in [0.29, 0.717) is 29.5 Å². The van der Waals surface area contributed by atoms with Gasteiger partial charge in [0.05, 0.1) is 30.5 Å². The SMILES string of the molecule is Cc1cc(/C(O)=C2\C(=O)C(=O)N(Cc3ccccn3)C2c2c[nH]c3ccccc23)ccc1OCC(C)C. The maximum Gasteiger partial charge on any atom is 0.296 e. The van der Waals surface area contributed by atoms with Crippen LogP contribution in [0.5, 0.6) is 5.75 Å². The van der Waals surface area contributed by atoms with Gasteiger partial charge in [-0.15, -0.1) is 0 Å². The molecule has 0 bridgehead atoms. The van der Waals surface area contributed by atoms with Crippen LogP contribution in [0.2, 0.25) is 0 Å². The number of aromatic amines is 1. The predicted octanol–water partition coefficient (Wildman–Crippen LogP) is 5.53. The smallest absolute Gasteiger partial charge is 0.296 e. The van der Waals surface area contributed by atoms with Crippen molar-refractivity contribution in [1.82, 2.24) is 14.9 Å². The van der Waals surface area contributed by atoms with E-state index in [0.717, 1.165) is 22.0 Å². The van der Waals surface area contributed by atoms with Gasteiger partial charge in [-0.25, -0.2) is 0 Å². The van der Waals surface area contributed by atoms with Crippen LogP contribution in [0.3, 0.4) is 0 Å². The second-order valence-corrected chi connectivity index (χ2v) is 9.72. The number of ketones is 1. The van der Waals surface area contributed by atoms with Gasteiger partial charge in [0.25, 0.3) is 11.7 Å². The molecule has 1 aliphatic rings. The fraction of sp³-hybridized carbons (Fsp3) is 0.233. The Hall–Kier alpha value is -4.39. The number of benzene rings is 2. The summed E-state index contributed by atoms with van der Waals surface area (Å²) in [6.07, 6.45) is 3.45. The topological polar surface area (TPSA) is 95.5 Å². The molecule has 188 valence electrons. The van der Waals surface area contributed by atoms with Crippen molar-refractivity contribution >= 4 is 28.4 Å². The number of aliphatic hydroxyl groups is 1. The second kappa shape index (κ2) is 9.93. The molecule has 2 aromatic heterocycles. The summed E-state index contributed by atoms with van der Waals surface area (Å²) in [5.74, 6) is -0.513. The summed E-state index contributed by atoms with van der Waals surface area (Å²) in [7, 11) is 0. The molecule has 1 atom stereocenters. The first-order valence-corrected chi connectivity index (χ1v) is 12.3. The fourth-order valence-electron chi connectivity index (χ4n) is 4.72. The van der Waals surface area contributed by atoms with Crippen molar-refractivity contribution in [3.8, 4) is 5.75 Å². The number of likely N-dealkylation sites (tertiary alicyclic amines) is 1. The zero-order valence-electron chi connectivity index (χ0n) is 21.1. The minimum atomic E-state index is -0.782. The van der Waals surface area contributed by atoms with Crippen LogP contribution in [-0.4, -0.2) is 38.3 Å². The number of pyridine rings is 1. The molecule has 0 aliphatic carbocycles. The van der Waals surface area contributed by atoms with E-state index in [9.17, 15) is 14.7 Å². The molecule has 0 saturated carbocycles.